The number of thiophene rings is 1. The SMILES string of the molecule is C=CCOc1cccc(C(=C)NOCc2c(C(=CC)C(=O)OC)sc3ccccc23)c1. The lowest BCUT2D eigenvalue weighted by molar-refractivity contribution is -0.133. The second-order valence-electron chi connectivity index (χ2n) is 6.60. The third-order valence-electron chi connectivity index (χ3n) is 4.60. The molecular weight excluding hydrogens is 410 g/mol. The fraction of sp³-hybridized carbons (Fsp3) is 0.160. The second-order valence-corrected chi connectivity index (χ2v) is 7.65. The largest absolute Gasteiger partial charge is 0.490 e. The van der Waals surface area contributed by atoms with E-state index in [-0.39, 0.29) is 12.6 Å². The molecule has 1 N–H and O–H groups in total. The number of nitrogens with one attached hydrogen (secondary N) is 1. The summed E-state index contributed by atoms with van der Waals surface area (Å²) in [4.78, 5) is 18.9. The Bertz CT molecular complexity index is 1130. The standard InChI is InChI=1S/C25H25NO4S/c1-5-14-29-19-11-9-10-18(15-19)17(3)26-30-16-22-21-12-7-8-13-23(21)31-24(22)20(6-2)25(27)28-4/h5-13,15,26H,1,3,14,16H2,2,4H3. The lowest BCUT2D eigenvalue weighted by Gasteiger charge is -2.12. The van der Waals surface area contributed by atoms with E-state index in [9.17, 15) is 4.79 Å². The van der Waals surface area contributed by atoms with Crippen molar-refractivity contribution in [2.45, 2.75) is 13.5 Å². The van der Waals surface area contributed by atoms with Crippen LogP contribution in [0.15, 0.2) is 73.8 Å². The van der Waals surface area contributed by atoms with Crippen LogP contribution in [0, 0.1) is 0 Å². The van der Waals surface area contributed by atoms with E-state index in [0.29, 0.717) is 17.9 Å². The summed E-state index contributed by atoms with van der Waals surface area (Å²) in [6.07, 6.45) is 3.46. The van der Waals surface area contributed by atoms with Crippen LogP contribution in [0.5, 0.6) is 5.75 Å². The summed E-state index contributed by atoms with van der Waals surface area (Å²) in [6, 6.07) is 15.5. The van der Waals surface area contributed by atoms with E-state index in [0.717, 1.165) is 31.8 Å². The minimum Gasteiger partial charge on any atom is -0.490 e. The van der Waals surface area contributed by atoms with Crippen LogP contribution in [0.25, 0.3) is 21.4 Å². The van der Waals surface area contributed by atoms with Crippen molar-refractivity contribution >= 4 is 38.7 Å². The lowest BCUT2D eigenvalue weighted by atomic mass is 10.1. The number of carbonyl (C=O) groups is 1. The highest BCUT2D eigenvalue weighted by atomic mass is 32.1. The average Bonchev–Trinajstić information content (AvgIpc) is 3.16. The molecule has 0 spiro atoms. The number of hydrogen-bond donors (Lipinski definition) is 1. The van der Waals surface area contributed by atoms with Gasteiger partial charge >= 0.3 is 5.97 Å². The van der Waals surface area contributed by atoms with Crippen LogP contribution in [0.1, 0.15) is 22.9 Å². The van der Waals surface area contributed by atoms with Crippen molar-refractivity contribution in [2.24, 2.45) is 0 Å². The lowest BCUT2D eigenvalue weighted by Crippen LogP contribution is -2.13. The number of benzene rings is 2. The van der Waals surface area contributed by atoms with Crippen LogP contribution in [-0.2, 0) is 21.0 Å². The summed E-state index contributed by atoms with van der Waals surface area (Å²) in [5.41, 5.74) is 5.80. The van der Waals surface area contributed by atoms with Gasteiger partial charge in [0, 0.05) is 20.7 Å². The van der Waals surface area contributed by atoms with Gasteiger partial charge in [-0.2, -0.15) is 0 Å². The van der Waals surface area contributed by atoms with Gasteiger partial charge in [0.25, 0.3) is 0 Å². The highest BCUT2D eigenvalue weighted by molar-refractivity contribution is 7.20. The zero-order valence-electron chi connectivity index (χ0n) is 17.6. The Labute approximate surface area is 186 Å². The fourth-order valence-electron chi connectivity index (χ4n) is 3.09. The first-order valence-electron chi connectivity index (χ1n) is 9.75. The third kappa shape index (κ3) is 5.23. The zero-order valence-corrected chi connectivity index (χ0v) is 18.5. The fourth-order valence-corrected chi connectivity index (χ4v) is 4.37. The molecule has 0 aliphatic carbocycles. The molecule has 0 bridgehead atoms. The van der Waals surface area contributed by atoms with Gasteiger partial charge in [-0.05, 0) is 30.5 Å². The molecule has 2 aromatic carbocycles. The van der Waals surface area contributed by atoms with E-state index in [1.807, 2.05) is 55.5 Å². The van der Waals surface area contributed by atoms with Crippen molar-refractivity contribution in [1.29, 1.82) is 0 Å². The smallest absolute Gasteiger partial charge is 0.338 e. The molecule has 0 saturated carbocycles. The van der Waals surface area contributed by atoms with Crippen LogP contribution in [0.4, 0.5) is 0 Å². The van der Waals surface area contributed by atoms with Gasteiger partial charge in [0.05, 0.1) is 18.4 Å². The van der Waals surface area contributed by atoms with Crippen molar-refractivity contribution < 1.29 is 19.1 Å². The quantitative estimate of drug-likeness (QED) is 0.191. The molecule has 0 fully saturated rings. The number of esters is 1. The highest BCUT2D eigenvalue weighted by Crippen LogP contribution is 2.36. The molecule has 31 heavy (non-hydrogen) atoms. The summed E-state index contributed by atoms with van der Waals surface area (Å²) in [5, 5.41) is 1.04. The Kier molecular flexibility index (Phi) is 7.65. The Morgan fingerprint density at radius 2 is 2.00 bits per heavy atom. The average molecular weight is 436 g/mol. The predicted octanol–water partition coefficient (Wildman–Crippen LogP) is 5.73. The molecule has 0 unspecified atom stereocenters. The Morgan fingerprint density at radius 1 is 1.19 bits per heavy atom. The molecular formula is C25H25NO4S. The van der Waals surface area contributed by atoms with E-state index in [1.165, 1.54) is 7.11 Å². The molecule has 5 nitrogen and oxygen atoms in total. The number of ether oxygens (including phenoxy) is 2. The molecule has 3 aromatic rings. The number of hydroxylamine groups is 1. The molecule has 0 saturated heterocycles. The van der Waals surface area contributed by atoms with Gasteiger partial charge in [-0.25, -0.2) is 4.79 Å². The third-order valence-corrected chi connectivity index (χ3v) is 5.85. The van der Waals surface area contributed by atoms with Crippen molar-refractivity contribution in [3.8, 4) is 5.75 Å². The van der Waals surface area contributed by atoms with Crippen LogP contribution in [0.2, 0.25) is 0 Å². The van der Waals surface area contributed by atoms with Gasteiger partial charge in [-0.15, -0.1) is 11.3 Å². The molecule has 1 aromatic heterocycles. The van der Waals surface area contributed by atoms with Crippen LogP contribution in [-0.4, -0.2) is 19.7 Å². The molecule has 0 aliphatic rings. The Hall–Kier alpha value is -3.35. The van der Waals surface area contributed by atoms with E-state index >= 15 is 0 Å². The predicted molar refractivity (Wildman–Crippen MR) is 127 cm³/mol. The van der Waals surface area contributed by atoms with Crippen molar-refractivity contribution in [3.63, 3.8) is 0 Å². The number of rotatable bonds is 10. The van der Waals surface area contributed by atoms with Crippen LogP contribution < -0.4 is 10.2 Å². The van der Waals surface area contributed by atoms with Crippen molar-refractivity contribution in [1.82, 2.24) is 5.48 Å². The summed E-state index contributed by atoms with van der Waals surface area (Å²) < 4.78 is 11.6. The molecule has 1 heterocycles. The molecule has 0 radical (unpaired) electrons. The van der Waals surface area contributed by atoms with Gasteiger partial charge < -0.3 is 9.47 Å². The Morgan fingerprint density at radius 3 is 2.74 bits per heavy atom. The summed E-state index contributed by atoms with van der Waals surface area (Å²) in [5.74, 6) is 0.353. The number of allylic oxidation sites excluding steroid dienone is 1. The molecule has 0 atom stereocenters. The van der Waals surface area contributed by atoms with Gasteiger partial charge in [0.15, 0.2) is 0 Å². The zero-order chi connectivity index (χ0) is 22.2. The monoisotopic (exact) mass is 435 g/mol. The first-order chi connectivity index (χ1) is 15.1. The maximum absolute atomic E-state index is 12.3. The van der Waals surface area contributed by atoms with E-state index in [2.05, 4.69) is 18.6 Å². The normalized spacial score (nSPS) is 11.2. The minimum atomic E-state index is -0.371. The number of fused-ring (bicyclic) bond motifs is 1. The topological polar surface area (TPSA) is 56.8 Å². The molecule has 6 heteroatoms. The second kappa shape index (κ2) is 10.6. The van der Waals surface area contributed by atoms with Crippen LogP contribution in [0.3, 0.4) is 0 Å². The summed E-state index contributed by atoms with van der Waals surface area (Å²) in [6.45, 7) is 10.2. The summed E-state index contributed by atoms with van der Waals surface area (Å²) in [7, 11) is 1.38. The number of carbonyl (C=O) groups excluding carboxylic acids is 1. The van der Waals surface area contributed by atoms with Gasteiger partial charge in [-0.3, -0.25) is 10.3 Å². The van der Waals surface area contributed by atoms with Gasteiger partial charge in [0.1, 0.15) is 19.0 Å². The van der Waals surface area contributed by atoms with Crippen molar-refractivity contribution in [3.05, 3.63) is 89.8 Å². The maximum Gasteiger partial charge on any atom is 0.338 e. The molecule has 0 aliphatic heterocycles. The van der Waals surface area contributed by atoms with Crippen LogP contribution >= 0.6 is 11.3 Å². The van der Waals surface area contributed by atoms with E-state index in [1.54, 1.807) is 23.5 Å². The number of methoxy groups -OCH3 is 1. The molecule has 0 amide bonds. The van der Waals surface area contributed by atoms with E-state index < -0.39 is 0 Å². The summed E-state index contributed by atoms with van der Waals surface area (Å²) >= 11 is 1.54. The minimum absolute atomic E-state index is 0.249. The van der Waals surface area contributed by atoms with Gasteiger partial charge in [-0.1, -0.05) is 55.6 Å². The molecule has 160 valence electrons. The highest BCUT2D eigenvalue weighted by Gasteiger charge is 2.20. The first kappa shape index (κ1) is 22.3. The van der Waals surface area contributed by atoms with Gasteiger partial charge in [0.2, 0.25) is 0 Å². The first-order valence-corrected chi connectivity index (χ1v) is 10.6. The maximum atomic E-state index is 12.3. The van der Waals surface area contributed by atoms with Crippen molar-refractivity contribution in [2.75, 3.05) is 13.7 Å². The molecule has 3 rings (SSSR count). The Balaban J connectivity index is 1.78. The number of hydrogen-bond acceptors (Lipinski definition) is 6. The van der Waals surface area contributed by atoms with E-state index in [4.69, 9.17) is 14.3 Å².